The standard InChI is InChI=1S/C11H20F3NO/c1-8-3-4-10(7-16,5-9(8)2)15-6-11(12,13)14/h8-9,15-16H,3-7H2,1-2H3. The Labute approximate surface area is 94.2 Å². The second-order valence-corrected chi connectivity index (χ2v) is 5.10. The maximum atomic E-state index is 12.1. The summed E-state index contributed by atoms with van der Waals surface area (Å²) in [4.78, 5) is 0. The lowest BCUT2D eigenvalue weighted by Gasteiger charge is -2.42. The first-order chi connectivity index (χ1) is 7.28. The van der Waals surface area contributed by atoms with Crippen molar-refractivity contribution in [2.45, 2.75) is 44.8 Å². The van der Waals surface area contributed by atoms with Crippen LogP contribution >= 0.6 is 0 Å². The fraction of sp³-hybridized carbons (Fsp3) is 1.00. The molecule has 0 saturated heterocycles. The second-order valence-electron chi connectivity index (χ2n) is 5.10. The van der Waals surface area contributed by atoms with Gasteiger partial charge in [-0.25, -0.2) is 0 Å². The zero-order chi connectivity index (χ0) is 12.4. The van der Waals surface area contributed by atoms with Crippen LogP contribution in [0.3, 0.4) is 0 Å². The van der Waals surface area contributed by atoms with Crippen molar-refractivity contribution in [3.8, 4) is 0 Å². The molecule has 16 heavy (non-hydrogen) atoms. The lowest BCUT2D eigenvalue weighted by Crippen LogP contribution is -2.55. The van der Waals surface area contributed by atoms with E-state index in [2.05, 4.69) is 12.2 Å². The number of aliphatic hydroxyl groups is 1. The van der Waals surface area contributed by atoms with E-state index in [9.17, 15) is 18.3 Å². The zero-order valence-corrected chi connectivity index (χ0v) is 9.77. The summed E-state index contributed by atoms with van der Waals surface area (Å²) in [5.41, 5.74) is -0.735. The summed E-state index contributed by atoms with van der Waals surface area (Å²) in [5, 5.41) is 11.8. The Morgan fingerprint density at radius 1 is 1.31 bits per heavy atom. The molecule has 0 aromatic heterocycles. The molecule has 0 heterocycles. The van der Waals surface area contributed by atoms with Crippen LogP contribution in [0, 0.1) is 11.8 Å². The maximum Gasteiger partial charge on any atom is 0.401 e. The summed E-state index contributed by atoms with van der Waals surface area (Å²) < 4.78 is 36.4. The molecule has 1 saturated carbocycles. The minimum absolute atomic E-state index is 0.222. The summed E-state index contributed by atoms with van der Waals surface area (Å²) in [5.74, 6) is 0.869. The smallest absolute Gasteiger partial charge is 0.394 e. The van der Waals surface area contributed by atoms with E-state index >= 15 is 0 Å². The summed E-state index contributed by atoms with van der Waals surface area (Å²) in [7, 11) is 0. The molecule has 1 aliphatic rings. The van der Waals surface area contributed by atoms with Gasteiger partial charge >= 0.3 is 6.18 Å². The Morgan fingerprint density at radius 2 is 1.94 bits per heavy atom. The number of rotatable bonds is 3. The molecule has 2 N–H and O–H groups in total. The highest BCUT2D eigenvalue weighted by Gasteiger charge is 2.39. The molecular weight excluding hydrogens is 219 g/mol. The van der Waals surface area contributed by atoms with E-state index in [4.69, 9.17) is 0 Å². The minimum Gasteiger partial charge on any atom is -0.394 e. The molecule has 2 nitrogen and oxygen atoms in total. The molecule has 0 amide bonds. The molecule has 3 atom stereocenters. The van der Waals surface area contributed by atoms with Gasteiger partial charge in [0.1, 0.15) is 0 Å². The van der Waals surface area contributed by atoms with Gasteiger partial charge in [-0.1, -0.05) is 13.8 Å². The lowest BCUT2D eigenvalue weighted by molar-refractivity contribution is -0.132. The SMILES string of the molecule is CC1CCC(CO)(NCC(F)(F)F)CC1C. The van der Waals surface area contributed by atoms with Crippen LogP contribution < -0.4 is 5.32 Å². The average molecular weight is 239 g/mol. The van der Waals surface area contributed by atoms with Crippen LogP contribution in [-0.2, 0) is 0 Å². The third-order valence-corrected chi connectivity index (χ3v) is 3.73. The molecule has 0 aromatic carbocycles. The van der Waals surface area contributed by atoms with Crippen LogP contribution in [0.25, 0.3) is 0 Å². The highest BCUT2D eigenvalue weighted by atomic mass is 19.4. The Bertz CT molecular complexity index is 232. The third kappa shape index (κ3) is 3.63. The van der Waals surface area contributed by atoms with Crippen molar-refractivity contribution in [1.29, 1.82) is 0 Å². The van der Waals surface area contributed by atoms with E-state index in [0.29, 0.717) is 24.7 Å². The predicted molar refractivity (Wildman–Crippen MR) is 56.1 cm³/mol. The van der Waals surface area contributed by atoms with Gasteiger partial charge in [0.25, 0.3) is 0 Å². The Morgan fingerprint density at radius 3 is 2.38 bits per heavy atom. The molecule has 1 aliphatic carbocycles. The summed E-state index contributed by atoms with van der Waals surface area (Å²) in [6.45, 7) is 2.90. The number of nitrogens with one attached hydrogen (secondary N) is 1. The molecule has 0 bridgehead atoms. The number of hydrogen-bond donors (Lipinski definition) is 2. The molecule has 96 valence electrons. The quantitative estimate of drug-likeness (QED) is 0.792. The second kappa shape index (κ2) is 4.92. The van der Waals surface area contributed by atoms with Crippen molar-refractivity contribution < 1.29 is 18.3 Å². The van der Waals surface area contributed by atoms with Gasteiger partial charge in [-0.05, 0) is 31.1 Å². The molecule has 1 rings (SSSR count). The number of alkyl halides is 3. The highest BCUT2D eigenvalue weighted by Crippen LogP contribution is 2.36. The largest absolute Gasteiger partial charge is 0.401 e. The van der Waals surface area contributed by atoms with Crippen molar-refractivity contribution in [1.82, 2.24) is 5.32 Å². The van der Waals surface area contributed by atoms with Crippen LogP contribution in [0.2, 0.25) is 0 Å². The Balaban J connectivity index is 2.57. The molecule has 0 aliphatic heterocycles. The first-order valence-electron chi connectivity index (χ1n) is 5.71. The lowest BCUT2D eigenvalue weighted by atomic mass is 9.71. The van der Waals surface area contributed by atoms with Crippen LogP contribution in [0.15, 0.2) is 0 Å². The molecule has 1 fully saturated rings. The predicted octanol–water partition coefficient (Wildman–Crippen LogP) is 2.33. The van der Waals surface area contributed by atoms with Gasteiger partial charge in [0.2, 0.25) is 0 Å². The van der Waals surface area contributed by atoms with Crippen molar-refractivity contribution in [2.24, 2.45) is 11.8 Å². The van der Waals surface area contributed by atoms with Crippen LogP contribution in [0.4, 0.5) is 13.2 Å². The van der Waals surface area contributed by atoms with Crippen molar-refractivity contribution in [3.05, 3.63) is 0 Å². The van der Waals surface area contributed by atoms with Gasteiger partial charge in [-0.15, -0.1) is 0 Å². The molecule has 5 heteroatoms. The van der Waals surface area contributed by atoms with Gasteiger partial charge in [0.05, 0.1) is 13.2 Å². The van der Waals surface area contributed by atoms with E-state index in [-0.39, 0.29) is 6.61 Å². The van der Waals surface area contributed by atoms with Gasteiger partial charge in [0, 0.05) is 5.54 Å². The Kier molecular flexibility index (Phi) is 4.23. The third-order valence-electron chi connectivity index (χ3n) is 3.73. The first kappa shape index (κ1) is 13.8. The Hall–Kier alpha value is -0.290. The molecule has 0 radical (unpaired) electrons. The maximum absolute atomic E-state index is 12.1. The highest BCUT2D eigenvalue weighted by molar-refractivity contribution is 4.94. The first-order valence-corrected chi connectivity index (χ1v) is 5.71. The van der Waals surface area contributed by atoms with Gasteiger partial charge in [-0.2, -0.15) is 13.2 Å². The van der Waals surface area contributed by atoms with E-state index in [1.54, 1.807) is 0 Å². The van der Waals surface area contributed by atoms with E-state index in [1.807, 2.05) is 6.92 Å². The number of hydrogen-bond acceptors (Lipinski definition) is 2. The van der Waals surface area contributed by atoms with Crippen LogP contribution in [0.1, 0.15) is 33.1 Å². The van der Waals surface area contributed by atoms with Crippen molar-refractivity contribution in [3.63, 3.8) is 0 Å². The van der Waals surface area contributed by atoms with Crippen LogP contribution in [-0.4, -0.2) is 30.0 Å². The topological polar surface area (TPSA) is 32.3 Å². The van der Waals surface area contributed by atoms with E-state index < -0.39 is 18.3 Å². The molecular formula is C11H20F3NO. The fourth-order valence-corrected chi connectivity index (χ4v) is 2.36. The zero-order valence-electron chi connectivity index (χ0n) is 9.77. The fourth-order valence-electron chi connectivity index (χ4n) is 2.36. The van der Waals surface area contributed by atoms with E-state index in [1.165, 1.54) is 0 Å². The summed E-state index contributed by atoms with van der Waals surface area (Å²) in [6, 6.07) is 0. The average Bonchev–Trinajstić information content (AvgIpc) is 2.19. The number of aliphatic hydroxyl groups excluding tert-OH is 1. The van der Waals surface area contributed by atoms with Gasteiger partial charge in [0.15, 0.2) is 0 Å². The monoisotopic (exact) mass is 239 g/mol. The summed E-state index contributed by atoms with van der Waals surface area (Å²) >= 11 is 0. The molecule has 3 unspecified atom stereocenters. The number of halogens is 3. The van der Waals surface area contributed by atoms with E-state index in [0.717, 1.165) is 6.42 Å². The molecule has 0 spiro atoms. The minimum atomic E-state index is -4.21. The van der Waals surface area contributed by atoms with Gasteiger partial charge in [-0.3, -0.25) is 0 Å². The van der Waals surface area contributed by atoms with Crippen molar-refractivity contribution >= 4 is 0 Å². The van der Waals surface area contributed by atoms with Gasteiger partial charge < -0.3 is 10.4 Å². The molecule has 0 aromatic rings. The van der Waals surface area contributed by atoms with Crippen molar-refractivity contribution in [2.75, 3.05) is 13.2 Å². The summed E-state index contributed by atoms with van der Waals surface area (Å²) in [6.07, 6.45) is -2.12. The van der Waals surface area contributed by atoms with Crippen LogP contribution in [0.5, 0.6) is 0 Å². The normalized spacial score (nSPS) is 36.4.